The molecule has 0 N–H and O–H groups in total. The van der Waals surface area contributed by atoms with E-state index in [1.807, 2.05) is 13.0 Å². The standard InChI is InChI=1S/C18H26O6/c1-14-11-15(18(19)20-2)6-7-16(14)12-22-13-21-9-10-24-17-5-3-4-8-23-17/h6-7,11,17H,3-5,8-10,12-13H2,1-2H3. The van der Waals surface area contributed by atoms with Gasteiger partial charge in [-0.05, 0) is 49.4 Å². The number of carbonyl (C=O) groups is 1. The lowest BCUT2D eigenvalue weighted by Crippen LogP contribution is -2.24. The predicted octanol–water partition coefficient (Wildman–Crippen LogP) is 2.82. The van der Waals surface area contributed by atoms with Crippen LogP contribution in [0.2, 0.25) is 0 Å². The molecule has 0 saturated carbocycles. The normalized spacial score (nSPS) is 17.7. The summed E-state index contributed by atoms with van der Waals surface area (Å²) in [6, 6.07) is 5.39. The Morgan fingerprint density at radius 3 is 2.83 bits per heavy atom. The molecule has 134 valence electrons. The molecule has 24 heavy (non-hydrogen) atoms. The smallest absolute Gasteiger partial charge is 0.337 e. The van der Waals surface area contributed by atoms with Crippen molar-refractivity contribution in [3.05, 3.63) is 34.9 Å². The summed E-state index contributed by atoms with van der Waals surface area (Å²) in [7, 11) is 1.37. The maximum absolute atomic E-state index is 11.5. The van der Waals surface area contributed by atoms with Gasteiger partial charge in [0.2, 0.25) is 0 Å². The number of hydrogen-bond donors (Lipinski definition) is 0. The molecule has 0 amide bonds. The van der Waals surface area contributed by atoms with E-state index in [0.29, 0.717) is 25.4 Å². The Bertz CT molecular complexity index is 510. The van der Waals surface area contributed by atoms with E-state index in [1.54, 1.807) is 12.1 Å². The minimum absolute atomic E-state index is 0.0840. The van der Waals surface area contributed by atoms with E-state index in [2.05, 4.69) is 0 Å². The van der Waals surface area contributed by atoms with Crippen LogP contribution in [0, 0.1) is 6.92 Å². The van der Waals surface area contributed by atoms with E-state index in [1.165, 1.54) is 7.11 Å². The van der Waals surface area contributed by atoms with Gasteiger partial charge < -0.3 is 23.7 Å². The van der Waals surface area contributed by atoms with Crippen LogP contribution in [0.4, 0.5) is 0 Å². The van der Waals surface area contributed by atoms with Crippen LogP contribution >= 0.6 is 0 Å². The van der Waals surface area contributed by atoms with Crippen molar-refractivity contribution in [2.75, 3.05) is 33.7 Å². The summed E-state index contributed by atoms with van der Waals surface area (Å²) >= 11 is 0. The summed E-state index contributed by atoms with van der Waals surface area (Å²) in [6.07, 6.45) is 3.14. The Morgan fingerprint density at radius 1 is 1.25 bits per heavy atom. The molecule has 6 heteroatoms. The number of benzene rings is 1. The van der Waals surface area contributed by atoms with Gasteiger partial charge in [0.05, 0.1) is 32.5 Å². The molecule has 2 rings (SSSR count). The lowest BCUT2D eigenvalue weighted by Gasteiger charge is -2.22. The van der Waals surface area contributed by atoms with Gasteiger partial charge in [-0.1, -0.05) is 6.07 Å². The van der Waals surface area contributed by atoms with Gasteiger partial charge >= 0.3 is 5.97 Å². The van der Waals surface area contributed by atoms with Crippen molar-refractivity contribution >= 4 is 5.97 Å². The molecule has 0 bridgehead atoms. The Balaban J connectivity index is 1.57. The highest BCUT2D eigenvalue weighted by molar-refractivity contribution is 5.89. The maximum Gasteiger partial charge on any atom is 0.337 e. The van der Waals surface area contributed by atoms with Crippen molar-refractivity contribution in [3.8, 4) is 0 Å². The number of aryl methyl sites for hydroxylation is 1. The molecule has 0 radical (unpaired) electrons. The third-order valence-corrected chi connectivity index (χ3v) is 3.86. The van der Waals surface area contributed by atoms with Gasteiger partial charge in [-0.15, -0.1) is 0 Å². The van der Waals surface area contributed by atoms with E-state index in [0.717, 1.165) is 37.0 Å². The fraction of sp³-hybridized carbons (Fsp3) is 0.611. The molecule has 0 aliphatic carbocycles. The predicted molar refractivity (Wildman–Crippen MR) is 87.7 cm³/mol. The third kappa shape index (κ3) is 6.20. The summed E-state index contributed by atoms with van der Waals surface area (Å²) in [5.41, 5.74) is 2.53. The zero-order valence-corrected chi connectivity index (χ0v) is 14.4. The first-order valence-corrected chi connectivity index (χ1v) is 8.27. The van der Waals surface area contributed by atoms with Crippen molar-refractivity contribution in [1.82, 2.24) is 0 Å². The van der Waals surface area contributed by atoms with Crippen molar-refractivity contribution < 1.29 is 28.5 Å². The van der Waals surface area contributed by atoms with Gasteiger partial charge in [0, 0.05) is 6.61 Å². The van der Waals surface area contributed by atoms with Crippen LogP contribution in [-0.2, 0) is 30.3 Å². The van der Waals surface area contributed by atoms with Gasteiger partial charge in [0.25, 0.3) is 0 Å². The largest absolute Gasteiger partial charge is 0.465 e. The summed E-state index contributed by atoms with van der Waals surface area (Å²) in [5, 5.41) is 0. The molecule has 1 aromatic rings. The summed E-state index contributed by atoms with van der Waals surface area (Å²) in [6.45, 7) is 4.32. The minimum atomic E-state index is -0.337. The van der Waals surface area contributed by atoms with Gasteiger partial charge in [0.15, 0.2) is 6.29 Å². The molecule has 1 unspecified atom stereocenters. The van der Waals surface area contributed by atoms with Crippen LogP contribution in [0.3, 0.4) is 0 Å². The van der Waals surface area contributed by atoms with Crippen molar-refractivity contribution in [3.63, 3.8) is 0 Å². The van der Waals surface area contributed by atoms with Gasteiger partial charge in [-0.2, -0.15) is 0 Å². The molecular weight excluding hydrogens is 312 g/mol. The number of esters is 1. The monoisotopic (exact) mass is 338 g/mol. The second-order valence-corrected chi connectivity index (χ2v) is 5.67. The van der Waals surface area contributed by atoms with Crippen LogP contribution in [0.5, 0.6) is 0 Å². The summed E-state index contributed by atoms with van der Waals surface area (Å²) < 4.78 is 26.6. The van der Waals surface area contributed by atoms with E-state index >= 15 is 0 Å². The van der Waals surface area contributed by atoms with Crippen LogP contribution in [0.1, 0.15) is 40.7 Å². The second-order valence-electron chi connectivity index (χ2n) is 5.67. The number of carbonyl (C=O) groups excluding carboxylic acids is 1. The molecule has 0 spiro atoms. The summed E-state index contributed by atoms with van der Waals surface area (Å²) in [5.74, 6) is -0.337. The molecule has 1 aliphatic heterocycles. The Hall–Kier alpha value is -1.47. The lowest BCUT2D eigenvalue weighted by atomic mass is 10.1. The van der Waals surface area contributed by atoms with Gasteiger partial charge in [0.1, 0.15) is 6.79 Å². The quantitative estimate of drug-likeness (QED) is 0.392. The zero-order valence-electron chi connectivity index (χ0n) is 14.4. The molecule has 1 atom stereocenters. The lowest BCUT2D eigenvalue weighted by molar-refractivity contribution is -0.175. The van der Waals surface area contributed by atoms with E-state index in [9.17, 15) is 4.79 Å². The summed E-state index contributed by atoms with van der Waals surface area (Å²) in [4.78, 5) is 11.5. The van der Waals surface area contributed by atoms with E-state index in [4.69, 9.17) is 23.7 Å². The Kier molecular flexibility index (Phi) is 8.18. The average molecular weight is 338 g/mol. The van der Waals surface area contributed by atoms with Gasteiger partial charge in [-0.25, -0.2) is 4.79 Å². The van der Waals surface area contributed by atoms with Crippen LogP contribution in [-0.4, -0.2) is 46.0 Å². The number of ether oxygens (including phenoxy) is 5. The highest BCUT2D eigenvalue weighted by Gasteiger charge is 2.13. The third-order valence-electron chi connectivity index (χ3n) is 3.86. The molecule has 0 aromatic heterocycles. The van der Waals surface area contributed by atoms with Crippen LogP contribution < -0.4 is 0 Å². The molecule has 1 saturated heterocycles. The maximum atomic E-state index is 11.5. The van der Waals surface area contributed by atoms with Crippen LogP contribution in [0.15, 0.2) is 18.2 Å². The molecule has 1 aromatic carbocycles. The highest BCUT2D eigenvalue weighted by atomic mass is 16.7. The molecule has 1 aliphatic rings. The first-order chi connectivity index (χ1) is 11.7. The first-order valence-electron chi connectivity index (χ1n) is 8.27. The van der Waals surface area contributed by atoms with E-state index < -0.39 is 0 Å². The second kappa shape index (κ2) is 10.4. The zero-order chi connectivity index (χ0) is 17.2. The highest BCUT2D eigenvalue weighted by Crippen LogP contribution is 2.14. The average Bonchev–Trinajstić information content (AvgIpc) is 2.62. The Labute approximate surface area is 143 Å². The van der Waals surface area contributed by atoms with E-state index in [-0.39, 0.29) is 19.1 Å². The molecule has 1 fully saturated rings. The fourth-order valence-electron chi connectivity index (χ4n) is 2.45. The molecule has 6 nitrogen and oxygen atoms in total. The number of rotatable bonds is 9. The SMILES string of the molecule is COC(=O)c1ccc(COCOCCOC2CCCCO2)c(C)c1. The minimum Gasteiger partial charge on any atom is -0.465 e. The van der Waals surface area contributed by atoms with Gasteiger partial charge in [-0.3, -0.25) is 0 Å². The Morgan fingerprint density at radius 2 is 2.12 bits per heavy atom. The van der Waals surface area contributed by atoms with Crippen LogP contribution in [0.25, 0.3) is 0 Å². The first kappa shape index (κ1) is 18.9. The fourth-order valence-corrected chi connectivity index (χ4v) is 2.45. The van der Waals surface area contributed by atoms with Crippen molar-refractivity contribution in [2.45, 2.75) is 39.1 Å². The van der Waals surface area contributed by atoms with Crippen molar-refractivity contribution in [1.29, 1.82) is 0 Å². The molecular formula is C18H26O6. The van der Waals surface area contributed by atoms with Crippen molar-refractivity contribution in [2.24, 2.45) is 0 Å². The topological polar surface area (TPSA) is 63.2 Å². The number of methoxy groups -OCH3 is 1. The number of hydrogen-bond acceptors (Lipinski definition) is 6. The molecule has 1 heterocycles.